The molecule has 0 N–H and O–H groups in total. The Morgan fingerprint density at radius 3 is 2.39 bits per heavy atom. The molecule has 100 valence electrons. The number of hydrogen-bond acceptors (Lipinski definition) is 2. The van der Waals surface area contributed by atoms with E-state index in [0.29, 0.717) is 0 Å². The molecule has 1 rings (SSSR count). The number of benzene rings is 1. The van der Waals surface area contributed by atoms with E-state index in [2.05, 4.69) is 32.9 Å². The summed E-state index contributed by atoms with van der Waals surface area (Å²) in [5.74, 6) is -0.179. The van der Waals surface area contributed by atoms with Crippen LogP contribution >= 0.6 is 0 Å². The Balaban J connectivity index is 2.99. The molecule has 0 fully saturated rings. The summed E-state index contributed by atoms with van der Waals surface area (Å²) in [5.41, 5.74) is 1.00. The molecular formula is C16H24O2. The highest BCUT2D eigenvalue weighted by Gasteiger charge is 2.36. The van der Waals surface area contributed by atoms with Crippen LogP contribution < -0.4 is 0 Å². The maximum atomic E-state index is 12.0. The first-order valence-corrected chi connectivity index (χ1v) is 6.67. The lowest BCUT2D eigenvalue weighted by Gasteiger charge is -2.33. The van der Waals surface area contributed by atoms with Gasteiger partial charge in [-0.2, -0.15) is 0 Å². The number of ether oxygens (including phenoxy) is 1. The fourth-order valence-electron chi connectivity index (χ4n) is 2.39. The molecule has 0 aliphatic rings. The Labute approximate surface area is 110 Å². The normalized spacial score (nSPS) is 13.1. The minimum absolute atomic E-state index is 0.0788. The van der Waals surface area contributed by atoms with E-state index in [-0.39, 0.29) is 17.3 Å². The Morgan fingerprint density at radius 2 is 1.89 bits per heavy atom. The van der Waals surface area contributed by atoms with Crippen molar-refractivity contribution in [1.82, 2.24) is 0 Å². The van der Waals surface area contributed by atoms with Crippen molar-refractivity contribution in [1.29, 1.82) is 0 Å². The highest BCUT2D eigenvalue weighted by atomic mass is 16.5. The minimum Gasteiger partial charge on any atom is -0.469 e. The monoisotopic (exact) mass is 248 g/mol. The molecule has 0 aromatic heterocycles. The molecule has 1 unspecified atom stereocenters. The van der Waals surface area contributed by atoms with Crippen molar-refractivity contribution in [2.45, 2.75) is 45.4 Å². The van der Waals surface area contributed by atoms with Crippen LogP contribution in [0.1, 0.15) is 45.6 Å². The third-order valence-corrected chi connectivity index (χ3v) is 3.72. The van der Waals surface area contributed by atoms with Gasteiger partial charge in [0.2, 0.25) is 0 Å². The van der Waals surface area contributed by atoms with Crippen LogP contribution in [0.4, 0.5) is 0 Å². The van der Waals surface area contributed by atoms with E-state index < -0.39 is 0 Å². The summed E-state index contributed by atoms with van der Waals surface area (Å²) in [6.07, 6.45) is 3.03. The minimum atomic E-state index is -0.191. The molecule has 1 atom stereocenters. The van der Waals surface area contributed by atoms with Gasteiger partial charge in [-0.15, -0.1) is 0 Å². The van der Waals surface area contributed by atoms with Crippen molar-refractivity contribution in [2.24, 2.45) is 5.92 Å². The van der Waals surface area contributed by atoms with Gasteiger partial charge in [0.05, 0.1) is 13.0 Å². The maximum Gasteiger partial charge on any atom is 0.309 e. The SMILES string of the molecule is CCCCC(C(=O)OC)C(C)(C)c1ccccc1. The van der Waals surface area contributed by atoms with Gasteiger partial charge in [-0.1, -0.05) is 63.9 Å². The van der Waals surface area contributed by atoms with Gasteiger partial charge >= 0.3 is 5.97 Å². The first-order chi connectivity index (χ1) is 8.54. The standard InChI is InChI=1S/C16H24O2/c1-5-6-12-14(15(17)18-4)16(2,3)13-10-8-7-9-11-13/h7-11,14H,5-6,12H2,1-4H3. The number of carbonyl (C=O) groups is 1. The number of rotatable bonds is 6. The van der Waals surface area contributed by atoms with Crippen molar-refractivity contribution in [3.8, 4) is 0 Å². The zero-order chi connectivity index (χ0) is 13.6. The molecule has 0 aliphatic heterocycles. The molecule has 0 bridgehead atoms. The summed E-state index contributed by atoms with van der Waals surface area (Å²) in [6.45, 7) is 6.39. The van der Waals surface area contributed by atoms with Gasteiger partial charge in [0.1, 0.15) is 0 Å². The number of esters is 1. The lowest BCUT2D eigenvalue weighted by molar-refractivity contribution is -0.148. The Hall–Kier alpha value is -1.31. The number of unbranched alkanes of at least 4 members (excludes halogenated alkanes) is 1. The fraction of sp³-hybridized carbons (Fsp3) is 0.562. The van der Waals surface area contributed by atoms with Crippen LogP contribution in [0, 0.1) is 5.92 Å². The summed E-state index contributed by atoms with van der Waals surface area (Å²) in [4.78, 5) is 12.0. The van der Waals surface area contributed by atoms with Crippen LogP contribution in [0.3, 0.4) is 0 Å². The van der Waals surface area contributed by atoms with Crippen LogP contribution in [-0.2, 0) is 14.9 Å². The fourth-order valence-corrected chi connectivity index (χ4v) is 2.39. The molecule has 0 amide bonds. The second-order valence-corrected chi connectivity index (χ2v) is 5.31. The van der Waals surface area contributed by atoms with Crippen LogP contribution in [-0.4, -0.2) is 13.1 Å². The quantitative estimate of drug-likeness (QED) is 0.713. The molecule has 0 spiro atoms. The summed E-state index contributed by atoms with van der Waals surface area (Å²) in [6, 6.07) is 10.2. The molecular weight excluding hydrogens is 224 g/mol. The predicted molar refractivity (Wildman–Crippen MR) is 74.5 cm³/mol. The number of hydrogen-bond donors (Lipinski definition) is 0. The molecule has 2 nitrogen and oxygen atoms in total. The molecule has 18 heavy (non-hydrogen) atoms. The molecule has 0 radical (unpaired) electrons. The average Bonchev–Trinajstić information content (AvgIpc) is 2.39. The first-order valence-electron chi connectivity index (χ1n) is 6.67. The lowest BCUT2D eigenvalue weighted by atomic mass is 9.71. The Kier molecular flexibility index (Phi) is 5.39. The zero-order valence-corrected chi connectivity index (χ0v) is 11.9. The second-order valence-electron chi connectivity index (χ2n) is 5.31. The van der Waals surface area contributed by atoms with Crippen LogP contribution in [0.5, 0.6) is 0 Å². The molecule has 1 aromatic rings. The first kappa shape index (κ1) is 14.7. The van der Waals surface area contributed by atoms with Crippen molar-refractivity contribution >= 4 is 5.97 Å². The van der Waals surface area contributed by atoms with Gasteiger partial charge in [0.25, 0.3) is 0 Å². The molecule has 0 saturated heterocycles. The molecule has 0 heterocycles. The maximum absolute atomic E-state index is 12.0. The smallest absolute Gasteiger partial charge is 0.309 e. The topological polar surface area (TPSA) is 26.3 Å². The van der Waals surface area contributed by atoms with E-state index in [1.165, 1.54) is 12.7 Å². The van der Waals surface area contributed by atoms with E-state index in [9.17, 15) is 4.79 Å². The molecule has 1 aromatic carbocycles. The van der Waals surface area contributed by atoms with Crippen LogP contribution in [0.25, 0.3) is 0 Å². The van der Waals surface area contributed by atoms with Crippen LogP contribution in [0.15, 0.2) is 30.3 Å². The number of carbonyl (C=O) groups excluding carboxylic acids is 1. The van der Waals surface area contributed by atoms with Crippen molar-refractivity contribution < 1.29 is 9.53 Å². The summed E-state index contributed by atoms with van der Waals surface area (Å²) >= 11 is 0. The Morgan fingerprint density at radius 1 is 1.28 bits per heavy atom. The van der Waals surface area contributed by atoms with Crippen molar-refractivity contribution in [3.63, 3.8) is 0 Å². The predicted octanol–water partition coefficient (Wildman–Crippen LogP) is 3.94. The molecule has 2 heteroatoms. The highest BCUT2D eigenvalue weighted by molar-refractivity contribution is 5.74. The zero-order valence-electron chi connectivity index (χ0n) is 11.9. The lowest BCUT2D eigenvalue weighted by Crippen LogP contribution is -2.35. The molecule has 0 saturated carbocycles. The van der Waals surface area contributed by atoms with Crippen LogP contribution in [0.2, 0.25) is 0 Å². The van der Waals surface area contributed by atoms with Gasteiger partial charge in [-0.25, -0.2) is 0 Å². The van der Waals surface area contributed by atoms with E-state index in [1.807, 2.05) is 18.2 Å². The van der Waals surface area contributed by atoms with Gasteiger partial charge in [0.15, 0.2) is 0 Å². The summed E-state index contributed by atoms with van der Waals surface area (Å²) < 4.78 is 4.98. The average molecular weight is 248 g/mol. The van der Waals surface area contributed by atoms with Gasteiger partial charge in [-0.3, -0.25) is 4.79 Å². The molecule has 0 aliphatic carbocycles. The summed E-state index contributed by atoms with van der Waals surface area (Å²) in [7, 11) is 1.47. The van der Waals surface area contributed by atoms with E-state index >= 15 is 0 Å². The second kappa shape index (κ2) is 6.58. The van der Waals surface area contributed by atoms with Gasteiger partial charge in [-0.05, 0) is 12.0 Å². The largest absolute Gasteiger partial charge is 0.469 e. The van der Waals surface area contributed by atoms with Crippen molar-refractivity contribution in [2.75, 3.05) is 7.11 Å². The third-order valence-electron chi connectivity index (χ3n) is 3.72. The van der Waals surface area contributed by atoms with E-state index in [1.54, 1.807) is 0 Å². The highest BCUT2D eigenvalue weighted by Crippen LogP contribution is 2.35. The Bertz CT molecular complexity index is 368. The van der Waals surface area contributed by atoms with Crippen molar-refractivity contribution in [3.05, 3.63) is 35.9 Å². The van der Waals surface area contributed by atoms with Gasteiger partial charge in [0, 0.05) is 5.41 Å². The third kappa shape index (κ3) is 3.34. The van der Waals surface area contributed by atoms with E-state index in [0.717, 1.165) is 19.3 Å². The van der Waals surface area contributed by atoms with E-state index in [4.69, 9.17) is 4.74 Å². The van der Waals surface area contributed by atoms with Gasteiger partial charge < -0.3 is 4.74 Å². The summed E-state index contributed by atoms with van der Waals surface area (Å²) in [5, 5.41) is 0. The number of methoxy groups -OCH3 is 1.